The van der Waals surface area contributed by atoms with Gasteiger partial charge in [0.1, 0.15) is 28.6 Å². The first-order chi connectivity index (χ1) is 20.8. The number of rotatable bonds is 8. The van der Waals surface area contributed by atoms with Crippen molar-refractivity contribution in [3.8, 4) is 34.3 Å². The maximum atomic E-state index is 13.1. The standard InChI is InChI=1S/C32H40N4O7/c1-20(2)33-21-3-5-25(6-4-21)42-28-18-24(37)17-27(38)30(28)29-19-26(35-43-29)31(39)34-22-9-13-36(14-10-22)23-7-11-32(12-8-23)40-15-16-41-32/h3-6,17-20,22-23,33,37-38H,7-16H2,1-2H3,(H,34,39). The lowest BCUT2D eigenvalue weighted by atomic mass is 9.88. The van der Waals surface area contributed by atoms with Crippen LogP contribution in [0.15, 0.2) is 47.0 Å². The number of phenolic OH excluding ortho intramolecular Hbond substituents is 2. The Balaban J connectivity index is 1.06. The molecule has 0 bridgehead atoms. The molecule has 0 atom stereocenters. The summed E-state index contributed by atoms with van der Waals surface area (Å²) in [5, 5.41) is 31.2. The molecule has 1 amide bonds. The van der Waals surface area contributed by atoms with Gasteiger partial charge in [0.15, 0.2) is 17.2 Å². The zero-order valence-electron chi connectivity index (χ0n) is 24.7. The summed E-state index contributed by atoms with van der Waals surface area (Å²) < 4.78 is 23.2. The Labute approximate surface area is 251 Å². The van der Waals surface area contributed by atoms with E-state index >= 15 is 0 Å². The maximum Gasteiger partial charge on any atom is 0.273 e. The Bertz CT molecular complexity index is 1400. The molecule has 3 aromatic rings. The fourth-order valence-electron chi connectivity index (χ4n) is 6.36. The highest BCUT2D eigenvalue weighted by molar-refractivity contribution is 5.93. The Kier molecular flexibility index (Phi) is 8.47. The van der Waals surface area contributed by atoms with E-state index in [1.807, 2.05) is 12.1 Å². The zero-order valence-corrected chi connectivity index (χ0v) is 24.7. The lowest BCUT2D eigenvalue weighted by Crippen LogP contribution is -2.50. The minimum absolute atomic E-state index is 0.0365. The first kappa shape index (κ1) is 29.3. The number of hydrogen-bond donors (Lipinski definition) is 4. The molecular weight excluding hydrogens is 552 g/mol. The van der Waals surface area contributed by atoms with E-state index in [1.165, 1.54) is 18.2 Å². The minimum Gasteiger partial charge on any atom is -0.508 e. The molecule has 43 heavy (non-hydrogen) atoms. The molecule has 0 radical (unpaired) electrons. The van der Waals surface area contributed by atoms with Gasteiger partial charge in [-0.2, -0.15) is 0 Å². The number of piperidine rings is 1. The summed E-state index contributed by atoms with van der Waals surface area (Å²) in [5.41, 5.74) is 1.23. The highest BCUT2D eigenvalue weighted by atomic mass is 16.7. The fourth-order valence-corrected chi connectivity index (χ4v) is 6.36. The third-order valence-electron chi connectivity index (χ3n) is 8.50. The van der Waals surface area contributed by atoms with Crippen LogP contribution < -0.4 is 15.4 Å². The SMILES string of the molecule is CC(C)Nc1ccc(Oc2cc(O)cc(O)c2-c2cc(C(=O)NC3CCN(C4CCC5(CC4)OCCO5)CC3)no2)cc1. The van der Waals surface area contributed by atoms with Crippen LogP contribution >= 0.6 is 0 Å². The summed E-state index contributed by atoms with van der Waals surface area (Å²) >= 11 is 0. The lowest BCUT2D eigenvalue weighted by Gasteiger charge is -2.43. The smallest absolute Gasteiger partial charge is 0.273 e. The highest BCUT2D eigenvalue weighted by Gasteiger charge is 2.42. The first-order valence-corrected chi connectivity index (χ1v) is 15.2. The van der Waals surface area contributed by atoms with Crippen molar-refractivity contribution in [1.29, 1.82) is 0 Å². The van der Waals surface area contributed by atoms with E-state index in [9.17, 15) is 15.0 Å². The largest absolute Gasteiger partial charge is 0.508 e. The molecule has 2 aromatic carbocycles. The van der Waals surface area contributed by atoms with Gasteiger partial charge in [0.2, 0.25) is 0 Å². The molecule has 3 fully saturated rings. The third kappa shape index (κ3) is 6.74. The van der Waals surface area contributed by atoms with E-state index in [-0.39, 0.29) is 58.0 Å². The van der Waals surface area contributed by atoms with E-state index < -0.39 is 0 Å². The van der Waals surface area contributed by atoms with Crippen LogP contribution in [0.25, 0.3) is 11.3 Å². The number of likely N-dealkylation sites (tertiary alicyclic amines) is 1. The Morgan fingerprint density at radius 1 is 1.02 bits per heavy atom. The number of carbonyl (C=O) groups is 1. The van der Waals surface area contributed by atoms with Gasteiger partial charge in [-0.05, 0) is 63.8 Å². The Hall–Kier alpha value is -3.80. The number of anilines is 1. The summed E-state index contributed by atoms with van der Waals surface area (Å²) in [4.78, 5) is 15.6. The number of benzene rings is 2. The molecule has 11 nitrogen and oxygen atoms in total. The van der Waals surface area contributed by atoms with Crippen molar-refractivity contribution in [2.75, 3.05) is 31.6 Å². The van der Waals surface area contributed by atoms with Crippen LogP contribution in [0.1, 0.15) is 62.9 Å². The topological polar surface area (TPSA) is 139 Å². The molecule has 2 saturated heterocycles. The molecule has 1 saturated carbocycles. The van der Waals surface area contributed by atoms with Gasteiger partial charge in [-0.15, -0.1) is 0 Å². The predicted octanol–water partition coefficient (Wildman–Crippen LogP) is 5.25. The second-order valence-corrected chi connectivity index (χ2v) is 12.0. The maximum absolute atomic E-state index is 13.1. The van der Waals surface area contributed by atoms with Gasteiger partial charge in [0.05, 0.1) is 13.2 Å². The molecule has 1 aromatic heterocycles. The quantitative estimate of drug-likeness (QED) is 0.274. The Morgan fingerprint density at radius 3 is 2.40 bits per heavy atom. The molecule has 6 rings (SSSR count). The van der Waals surface area contributed by atoms with E-state index in [4.69, 9.17) is 18.7 Å². The van der Waals surface area contributed by atoms with Gasteiger partial charge in [-0.25, -0.2) is 0 Å². The normalized spacial score (nSPS) is 19.6. The molecule has 3 heterocycles. The van der Waals surface area contributed by atoms with Crippen molar-refractivity contribution in [2.45, 2.75) is 76.3 Å². The van der Waals surface area contributed by atoms with Crippen LogP contribution in [0.3, 0.4) is 0 Å². The zero-order chi connectivity index (χ0) is 30.0. The number of nitrogens with zero attached hydrogens (tertiary/aromatic N) is 2. The molecule has 2 aliphatic heterocycles. The van der Waals surface area contributed by atoms with Crippen LogP contribution in [0.2, 0.25) is 0 Å². The molecule has 230 valence electrons. The summed E-state index contributed by atoms with van der Waals surface area (Å²) in [6, 6.07) is 12.2. The van der Waals surface area contributed by atoms with Crippen LogP contribution in [-0.4, -0.2) is 76.4 Å². The van der Waals surface area contributed by atoms with E-state index in [0.717, 1.165) is 57.3 Å². The summed E-state index contributed by atoms with van der Waals surface area (Å²) in [6.45, 7) is 7.33. The van der Waals surface area contributed by atoms with Crippen LogP contribution in [-0.2, 0) is 9.47 Å². The number of phenols is 2. The third-order valence-corrected chi connectivity index (χ3v) is 8.50. The Morgan fingerprint density at radius 2 is 1.72 bits per heavy atom. The molecule has 3 aliphatic rings. The summed E-state index contributed by atoms with van der Waals surface area (Å²) in [7, 11) is 0. The average Bonchev–Trinajstić information content (AvgIpc) is 3.65. The van der Waals surface area contributed by atoms with E-state index in [2.05, 4.69) is 34.5 Å². The molecule has 11 heteroatoms. The number of aromatic nitrogens is 1. The first-order valence-electron chi connectivity index (χ1n) is 15.2. The van der Waals surface area contributed by atoms with Crippen molar-refractivity contribution >= 4 is 11.6 Å². The fraction of sp³-hybridized carbons (Fsp3) is 0.500. The van der Waals surface area contributed by atoms with Crippen molar-refractivity contribution < 1.29 is 33.7 Å². The summed E-state index contributed by atoms with van der Waals surface area (Å²) in [5.74, 6) is -0.308. The number of ether oxygens (including phenoxy) is 3. The molecule has 1 aliphatic carbocycles. The van der Waals surface area contributed by atoms with Gasteiger partial charge in [0.25, 0.3) is 5.91 Å². The second-order valence-electron chi connectivity index (χ2n) is 12.0. The van der Waals surface area contributed by atoms with Crippen molar-refractivity contribution in [3.05, 3.63) is 48.2 Å². The van der Waals surface area contributed by atoms with Crippen LogP contribution in [0.4, 0.5) is 5.69 Å². The van der Waals surface area contributed by atoms with Gasteiger partial charge >= 0.3 is 0 Å². The highest BCUT2D eigenvalue weighted by Crippen LogP contribution is 2.43. The van der Waals surface area contributed by atoms with Gasteiger partial charge in [-0.1, -0.05) is 5.16 Å². The number of aromatic hydroxyl groups is 2. The van der Waals surface area contributed by atoms with Crippen molar-refractivity contribution in [2.24, 2.45) is 0 Å². The molecular formula is C32H40N4O7. The second kappa shape index (κ2) is 12.4. The van der Waals surface area contributed by atoms with Gasteiger partial charge in [0, 0.05) is 67.9 Å². The number of hydrogen-bond acceptors (Lipinski definition) is 10. The van der Waals surface area contributed by atoms with Crippen molar-refractivity contribution in [3.63, 3.8) is 0 Å². The molecule has 0 unspecified atom stereocenters. The van der Waals surface area contributed by atoms with Gasteiger partial charge < -0.3 is 44.5 Å². The molecule has 4 N–H and O–H groups in total. The minimum atomic E-state index is -0.348. The monoisotopic (exact) mass is 592 g/mol. The molecule has 1 spiro atoms. The van der Waals surface area contributed by atoms with Gasteiger partial charge in [-0.3, -0.25) is 4.79 Å². The van der Waals surface area contributed by atoms with Crippen LogP contribution in [0.5, 0.6) is 23.0 Å². The van der Waals surface area contributed by atoms with Crippen molar-refractivity contribution in [1.82, 2.24) is 15.4 Å². The lowest BCUT2D eigenvalue weighted by molar-refractivity contribution is -0.184. The number of nitrogens with one attached hydrogen (secondary N) is 2. The van der Waals surface area contributed by atoms with E-state index in [1.54, 1.807) is 12.1 Å². The number of amides is 1. The van der Waals surface area contributed by atoms with E-state index in [0.29, 0.717) is 25.0 Å². The number of carbonyl (C=O) groups excluding carboxylic acids is 1. The average molecular weight is 593 g/mol. The predicted molar refractivity (Wildman–Crippen MR) is 159 cm³/mol. The van der Waals surface area contributed by atoms with Crippen LogP contribution in [0, 0.1) is 0 Å². The summed E-state index contributed by atoms with van der Waals surface area (Å²) in [6.07, 6.45) is 5.72.